The van der Waals surface area contributed by atoms with Crippen molar-refractivity contribution >= 4 is 5.69 Å². The minimum Gasteiger partial charge on any atom is -0.491 e. The molecule has 2 nitrogen and oxygen atoms in total. The Balaban J connectivity index is 2.33. The Bertz CT molecular complexity index is 222. The van der Waals surface area contributed by atoms with Gasteiger partial charge in [-0.1, -0.05) is 12.1 Å². The van der Waals surface area contributed by atoms with Gasteiger partial charge in [-0.2, -0.15) is 0 Å². The van der Waals surface area contributed by atoms with Crippen LogP contribution in [0.2, 0.25) is 0 Å². The fourth-order valence-electron chi connectivity index (χ4n) is 1.16. The Labute approximate surface area is 66.2 Å². The molecule has 1 aromatic carbocycles. The lowest BCUT2D eigenvalue weighted by atomic mass is 10.3. The molecule has 0 atom stereocenters. The molecule has 0 saturated heterocycles. The van der Waals surface area contributed by atoms with Crippen LogP contribution in [-0.4, -0.2) is 13.2 Å². The first-order chi connectivity index (χ1) is 5.47. The van der Waals surface area contributed by atoms with Gasteiger partial charge >= 0.3 is 0 Å². The fourth-order valence-corrected chi connectivity index (χ4v) is 1.16. The van der Waals surface area contributed by atoms with Gasteiger partial charge < -0.3 is 4.74 Å². The van der Waals surface area contributed by atoms with Gasteiger partial charge in [0.15, 0.2) is 0 Å². The van der Waals surface area contributed by atoms with E-state index in [1.54, 1.807) is 0 Å². The molecule has 0 saturated carbocycles. The molecule has 2 heteroatoms. The van der Waals surface area contributed by atoms with Crippen molar-refractivity contribution in [3.8, 4) is 5.75 Å². The van der Waals surface area contributed by atoms with Gasteiger partial charge in [0.2, 0.25) is 0 Å². The van der Waals surface area contributed by atoms with E-state index in [4.69, 9.17) is 4.74 Å². The highest BCUT2D eigenvalue weighted by molar-refractivity contribution is 5.50. The molecule has 1 radical (unpaired) electrons. The van der Waals surface area contributed by atoms with E-state index >= 15 is 0 Å². The van der Waals surface area contributed by atoms with E-state index in [0.29, 0.717) is 0 Å². The van der Waals surface area contributed by atoms with Crippen molar-refractivity contribution in [1.29, 1.82) is 0 Å². The number of benzene rings is 1. The maximum absolute atomic E-state index is 5.45. The van der Waals surface area contributed by atoms with E-state index in [1.165, 1.54) is 0 Å². The van der Waals surface area contributed by atoms with Crippen LogP contribution < -0.4 is 10.1 Å². The second kappa shape index (κ2) is 2.82. The van der Waals surface area contributed by atoms with E-state index in [2.05, 4.69) is 5.32 Å². The van der Waals surface area contributed by atoms with Crippen molar-refractivity contribution < 1.29 is 4.74 Å². The number of ether oxygens (including phenoxy) is 1. The quantitative estimate of drug-likeness (QED) is 0.549. The molecular weight excluding hydrogens is 138 g/mol. The van der Waals surface area contributed by atoms with Crippen LogP contribution in [0.1, 0.15) is 6.42 Å². The number of hydrogen-bond acceptors (Lipinski definition) is 1. The van der Waals surface area contributed by atoms with Crippen LogP contribution in [0.5, 0.6) is 5.75 Å². The van der Waals surface area contributed by atoms with Crippen molar-refractivity contribution in [2.75, 3.05) is 13.2 Å². The molecular formula is C9H10NO. The van der Waals surface area contributed by atoms with Gasteiger partial charge in [0.1, 0.15) is 5.75 Å². The van der Waals surface area contributed by atoms with Crippen LogP contribution in [0.15, 0.2) is 24.3 Å². The summed E-state index contributed by atoms with van der Waals surface area (Å²) in [5.41, 5.74) is 0.991. The number of nitrogens with zero attached hydrogens (tertiary/aromatic N) is 1. The van der Waals surface area contributed by atoms with Gasteiger partial charge in [-0.3, -0.25) is 5.32 Å². The number of rotatable bonds is 0. The Morgan fingerprint density at radius 3 is 3.18 bits per heavy atom. The first-order valence-corrected chi connectivity index (χ1v) is 3.86. The Morgan fingerprint density at radius 1 is 1.27 bits per heavy atom. The third-order valence-electron chi connectivity index (χ3n) is 1.71. The molecule has 0 aromatic heterocycles. The first-order valence-electron chi connectivity index (χ1n) is 3.86. The number of para-hydroxylation sites is 2. The lowest BCUT2D eigenvalue weighted by molar-refractivity contribution is 0.322. The molecule has 1 heterocycles. The average Bonchev–Trinajstić information content (AvgIpc) is 2.28. The second-order valence-corrected chi connectivity index (χ2v) is 2.55. The summed E-state index contributed by atoms with van der Waals surface area (Å²) in [5.74, 6) is 0.921. The summed E-state index contributed by atoms with van der Waals surface area (Å²) in [6, 6.07) is 7.90. The predicted molar refractivity (Wildman–Crippen MR) is 43.2 cm³/mol. The molecule has 0 bridgehead atoms. The molecule has 1 aliphatic rings. The highest BCUT2D eigenvalue weighted by Crippen LogP contribution is 2.25. The number of hydrogen-bond donors (Lipinski definition) is 0. The highest BCUT2D eigenvalue weighted by atomic mass is 16.5. The van der Waals surface area contributed by atoms with Crippen molar-refractivity contribution in [3.63, 3.8) is 0 Å². The minimum absolute atomic E-state index is 0.792. The summed E-state index contributed by atoms with van der Waals surface area (Å²) in [4.78, 5) is 0. The molecule has 0 fully saturated rings. The molecule has 0 amide bonds. The molecule has 57 valence electrons. The van der Waals surface area contributed by atoms with Gasteiger partial charge in [-0.25, -0.2) is 0 Å². The third-order valence-corrected chi connectivity index (χ3v) is 1.71. The van der Waals surface area contributed by atoms with E-state index in [0.717, 1.165) is 31.0 Å². The number of fused-ring (bicyclic) bond motifs is 1. The van der Waals surface area contributed by atoms with E-state index in [1.807, 2.05) is 24.3 Å². The van der Waals surface area contributed by atoms with Crippen LogP contribution >= 0.6 is 0 Å². The largest absolute Gasteiger partial charge is 0.491 e. The van der Waals surface area contributed by atoms with E-state index < -0.39 is 0 Å². The van der Waals surface area contributed by atoms with Crippen molar-refractivity contribution in [1.82, 2.24) is 5.32 Å². The van der Waals surface area contributed by atoms with Gasteiger partial charge in [0.05, 0.1) is 12.3 Å². The smallest absolute Gasteiger partial charge is 0.144 e. The lowest BCUT2D eigenvalue weighted by Gasteiger charge is -2.03. The Morgan fingerprint density at radius 2 is 2.18 bits per heavy atom. The van der Waals surface area contributed by atoms with E-state index in [-0.39, 0.29) is 0 Å². The van der Waals surface area contributed by atoms with Gasteiger partial charge in [-0.15, -0.1) is 0 Å². The van der Waals surface area contributed by atoms with Crippen LogP contribution in [-0.2, 0) is 0 Å². The van der Waals surface area contributed by atoms with Crippen LogP contribution in [0.3, 0.4) is 0 Å². The lowest BCUT2D eigenvalue weighted by Crippen LogP contribution is -1.98. The third kappa shape index (κ3) is 1.29. The second-order valence-electron chi connectivity index (χ2n) is 2.55. The predicted octanol–water partition coefficient (Wildman–Crippen LogP) is 1.70. The molecule has 0 N–H and O–H groups in total. The molecule has 0 unspecified atom stereocenters. The zero-order chi connectivity index (χ0) is 7.52. The average molecular weight is 148 g/mol. The molecule has 0 aliphatic carbocycles. The molecule has 1 aliphatic heterocycles. The van der Waals surface area contributed by atoms with Gasteiger partial charge in [0, 0.05) is 13.0 Å². The minimum atomic E-state index is 0.792. The van der Waals surface area contributed by atoms with Crippen molar-refractivity contribution in [2.24, 2.45) is 0 Å². The summed E-state index contributed by atoms with van der Waals surface area (Å²) in [7, 11) is 0. The van der Waals surface area contributed by atoms with Crippen molar-refractivity contribution in [2.45, 2.75) is 6.42 Å². The zero-order valence-electron chi connectivity index (χ0n) is 6.29. The normalized spacial score (nSPS) is 15.6. The molecule has 0 spiro atoms. The van der Waals surface area contributed by atoms with E-state index in [9.17, 15) is 0 Å². The summed E-state index contributed by atoms with van der Waals surface area (Å²) in [5, 5.41) is 4.36. The van der Waals surface area contributed by atoms with Crippen LogP contribution in [0.4, 0.5) is 5.69 Å². The summed E-state index contributed by atoms with van der Waals surface area (Å²) in [6.07, 6.45) is 1.02. The highest BCUT2D eigenvalue weighted by Gasteiger charge is 2.06. The maximum atomic E-state index is 5.45. The Hall–Kier alpha value is -1.18. The molecule has 11 heavy (non-hydrogen) atoms. The Kier molecular flexibility index (Phi) is 1.68. The van der Waals surface area contributed by atoms with Gasteiger partial charge in [-0.05, 0) is 12.1 Å². The first kappa shape index (κ1) is 6.53. The maximum Gasteiger partial charge on any atom is 0.144 e. The zero-order valence-corrected chi connectivity index (χ0v) is 6.29. The summed E-state index contributed by atoms with van der Waals surface area (Å²) in [6.45, 7) is 1.68. The monoisotopic (exact) mass is 148 g/mol. The van der Waals surface area contributed by atoms with Gasteiger partial charge in [0.25, 0.3) is 0 Å². The SMILES string of the molecule is c1ccc2c(c1)[N]CCCO2. The standard InChI is InChI=1S/C9H10NO/c1-2-5-9-8(4-1)10-6-3-7-11-9/h1-2,4-5H,3,6-7H2. The van der Waals surface area contributed by atoms with Crippen molar-refractivity contribution in [3.05, 3.63) is 24.3 Å². The molecule has 2 rings (SSSR count). The molecule has 1 aromatic rings. The fraction of sp³-hybridized carbons (Fsp3) is 0.333. The summed E-state index contributed by atoms with van der Waals surface area (Å²) < 4.78 is 5.45. The summed E-state index contributed by atoms with van der Waals surface area (Å²) >= 11 is 0. The van der Waals surface area contributed by atoms with Crippen LogP contribution in [0.25, 0.3) is 0 Å². The van der Waals surface area contributed by atoms with Crippen LogP contribution in [0, 0.1) is 0 Å². The topological polar surface area (TPSA) is 23.3 Å².